The Kier molecular flexibility index (Phi) is 6.40. The maximum atomic E-state index is 5.83. The third kappa shape index (κ3) is 4.32. The third-order valence-corrected chi connectivity index (χ3v) is 12.9. The van der Waals surface area contributed by atoms with Crippen LogP contribution in [0.1, 0.15) is 29.3 Å². The molecule has 1 unspecified atom stereocenters. The van der Waals surface area contributed by atoms with Crippen molar-refractivity contribution in [1.29, 1.82) is 0 Å². The van der Waals surface area contributed by atoms with Gasteiger partial charge in [-0.05, 0) is 77.7 Å². The van der Waals surface area contributed by atoms with E-state index >= 15 is 0 Å². The Morgan fingerprint density at radius 3 is 2.11 bits per heavy atom. The minimum Gasteiger partial charge on any atom is -0.317 e. The standard InChI is InChI=1S/C50H33N3S/c1-2-14-34(15-3-1)52-43-20-10-8-18-37(43)40-29-41-38-19-9-11-21-44(38)53(46(41)30-45(40)52)48-27-24-31-12-4-6-16-35(31)49(51-48)33-23-26-47-42(28-33)39-25-22-32-13-5-7-17-36(32)50(39)54-47/h1-23,25-26,28-30,48H,24,27H2. The number of aliphatic imine (C=N–C) groups is 1. The van der Waals surface area contributed by atoms with Gasteiger partial charge in [0.2, 0.25) is 0 Å². The van der Waals surface area contributed by atoms with Crippen molar-refractivity contribution in [3.8, 4) is 5.69 Å². The van der Waals surface area contributed by atoms with Crippen LogP contribution in [-0.2, 0) is 6.42 Å². The summed E-state index contributed by atoms with van der Waals surface area (Å²) in [5, 5.41) is 10.3. The zero-order valence-corrected chi connectivity index (χ0v) is 30.2. The van der Waals surface area contributed by atoms with Gasteiger partial charge in [0.1, 0.15) is 6.17 Å². The van der Waals surface area contributed by atoms with Gasteiger partial charge in [-0.1, -0.05) is 121 Å². The molecule has 3 aromatic heterocycles. The fraction of sp³-hybridized carbons (Fsp3) is 0.0600. The molecule has 3 nitrogen and oxygen atoms in total. The molecule has 0 saturated heterocycles. The van der Waals surface area contributed by atoms with Gasteiger partial charge in [0.25, 0.3) is 0 Å². The van der Waals surface area contributed by atoms with Crippen LogP contribution in [0, 0.1) is 0 Å². The lowest BCUT2D eigenvalue weighted by molar-refractivity contribution is 0.518. The highest BCUT2D eigenvalue weighted by molar-refractivity contribution is 7.26. The summed E-state index contributed by atoms with van der Waals surface area (Å²) in [7, 11) is 0. The van der Waals surface area contributed by atoms with Crippen molar-refractivity contribution in [1.82, 2.24) is 9.13 Å². The van der Waals surface area contributed by atoms with Crippen molar-refractivity contribution in [2.24, 2.45) is 4.99 Å². The first-order valence-electron chi connectivity index (χ1n) is 18.8. The van der Waals surface area contributed by atoms with E-state index in [0.29, 0.717) is 0 Å². The van der Waals surface area contributed by atoms with E-state index in [1.807, 2.05) is 11.3 Å². The van der Waals surface area contributed by atoms with E-state index in [1.54, 1.807) is 0 Å². The Labute approximate surface area is 315 Å². The first-order chi connectivity index (χ1) is 26.8. The van der Waals surface area contributed by atoms with Crippen LogP contribution < -0.4 is 0 Å². The molecule has 1 aliphatic heterocycles. The predicted molar refractivity (Wildman–Crippen MR) is 230 cm³/mol. The summed E-state index contributed by atoms with van der Waals surface area (Å²) in [5.41, 5.74) is 10.9. The Morgan fingerprint density at radius 2 is 1.22 bits per heavy atom. The zero-order valence-electron chi connectivity index (χ0n) is 29.4. The van der Waals surface area contributed by atoms with Gasteiger partial charge >= 0.3 is 0 Å². The topological polar surface area (TPSA) is 22.2 Å². The summed E-state index contributed by atoms with van der Waals surface area (Å²) >= 11 is 1.89. The number of benzene rings is 8. The molecular formula is C50H33N3S. The Morgan fingerprint density at radius 1 is 0.500 bits per heavy atom. The molecule has 0 radical (unpaired) electrons. The summed E-state index contributed by atoms with van der Waals surface area (Å²) in [6.45, 7) is 0. The minimum atomic E-state index is -0.0966. The lowest BCUT2D eigenvalue weighted by atomic mass is 9.95. The second-order valence-corrected chi connectivity index (χ2v) is 15.6. The fourth-order valence-corrected chi connectivity index (χ4v) is 10.5. The van der Waals surface area contributed by atoms with E-state index in [1.165, 1.54) is 96.9 Å². The predicted octanol–water partition coefficient (Wildman–Crippen LogP) is 13.4. The molecular weight excluding hydrogens is 675 g/mol. The number of rotatable bonds is 3. The second kappa shape index (κ2) is 11.5. The third-order valence-electron chi connectivity index (χ3n) is 11.7. The van der Waals surface area contributed by atoms with Gasteiger partial charge in [0.15, 0.2) is 0 Å². The number of para-hydroxylation sites is 3. The number of thiophene rings is 1. The number of hydrogen-bond donors (Lipinski definition) is 0. The van der Waals surface area contributed by atoms with Crippen molar-refractivity contribution in [2.45, 2.75) is 19.0 Å². The highest BCUT2D eigenvalue weighted by atomic mass is 32.1. The minimum absolute atomic E-state index is 0.0966. The number of aryl methyl sites for hydroxylation is 1. The van der Waals surface area contributed by atoms with E-state index in [-0.39, 0.29) is 6.17 Å². The molecule has 0 N–H and O–H groups in total. The summed E-state index contributed by atoms with van der Waals surface area (Å²) < 4.78 is 7.62. The van der Waals surface area contributed by atoms with Crippen LogP contribution in [0.4, 0.5) is 0 Å². The molecule has 1 atom stereocenters. The Balaban J connectivity index is 1.12. The molecule has 0 aliphatic carbocycles. The Hall–Kier alpha value is -6.49. The first-order valence-corrected chi connectivity index (χ1v) is 19.6. The number of fused-ring (bicyclic) bond motifs is 12. The van der Waals surface area contributed by atoms with Gasteiger partial charge in [-0.15, -0.1) is 11.3 Å². The van der Waals surface area contributed by atoms with Crippen molar-refractivity contribution >= 4 is 91.6 Å². The highest BCUT2D eigenvalue weighted by Gasteiger charge is 2.26. The summed E-state index contributed by atoms with van der Waals surface area (Å²) in [6, 6.07) is 62.6. The van der Waals surface area contributed by atoms with Crippen molar-refractivity contribution in [3.05, 3.63) is 187 Å². The van der Waals surface area contributed by atoms with Gasteiger partial charge in [-0.25, -0.2) is 0 Å². The summed E-state index contributed by atoms with van der Waals surface area (Å²) in [5.74, 6) is 0. The van der Waals surface area contributed by atoms with E-state index in [0.717, 1.165) is 18.6 Å². The van der Waals surface area contributed by atoms with Crippen LogP contribution in [0.2, 0.25) is 0 Å². The number of aromatic nitrogens is 2. The van der Waals surface area contributed by atoms with Gasteiger partial charge in [-0.2, -0.15) is 0 Å². The summed E-state index contributed by atoms with van der Waals surface area (Å²) in [6.07, 6.45) is 1.76. The number of nitrogens with zero attached hydrogens (tertiary/aromatic N) is 3. The molecule has 0 bridgehead atoms. The van der Waals surface area contributed by atoms with Crippen molar-refractivity contribution in [2.75, 3.05) is 0 Å². The van der Waals surface area contributed by atoms with Gasteiger partial charge < -0.3 is 9.13 Å². The molecule has 4 heterocycles. The molecule has 54 heavy (non-hydrogen) atoms. The monoisotopic (exact) mass is 707 g/mol. The van der Waals surface area contributed by atoms with E-state index < -0.39 is 0 Å². The SMILES string of the molecule is c1ccc(-n2c3ccccc3c3cc4c5ccccc5n(C5CCc6ccccc6C(c6ccc7sc8c9ccccc9ccc8c7c6)=N5)c4cc32)cc1. The van der Waals surface area contributed by atoms with E-state index in [9.17, 15) is 0 Å². The molecule has 8 aromatic carbocycles. The second-order valence-electron chi connectivity index (χ2n) is 14.6. The smallest absolute Gasteiger partial charge is 0.126 e. The average Bonchev–Trinajstić information content (AvgIpc) is 3.83. The molecule has 0 spiro atoms. The lowest BCUT2D eigenvalue weighted by Gasteiger charge is -2.18. The number of hydrogen-bond acceptors (Lipinski definition) is 2. The summed E-state index contributed by atoms with van der Waals surface area (Å²) in [4.78, 5) is 5.83. The lowest BCUT2D eigenvalue weighted by Crippen LogP contribution is -2.10. The molecule has 254 valence electrons. The molecule has 1 aliphatic rings. The maximum Gasteiger partial charge on any atom is 0.126 e. The van der Waals surface area contributed by atoms with Crippen LogP contribution in [0.3, 0.4) is 0 Å². The first kappa shape index (κ1) is 30.0. The van der Waals surface area contributed by atoms with Gasteiger partial charge in [-0.3, -0.25) is 4.99 Å². The van der Waals surface area contributed by atoms with E-state index in [2.05, 4.69) is 179 Å². The Bertz CT molecular complexity index is 3340. The van der Waals surface area contributed by atoms with Crippen molar-refractivity contribution < 1.29 is 0 Å². The molecule has 11 aromatic rings. The highest BCUT2D eigenvalue weighted by Crippen LogP contribution is 2.43. The largest absolute Gasteiger partial charge is 0.317 e. The zero-order chi connectivity index (χ0) is 35.3. The van der Waals surface area contributed by atoms with E-state index in [4.69, 9.17) is 4.99 Å². The average molecular weight is 708 g/mol. The fourth-order valence-electron chi connectivity index (χ4n) is 9.24. The molecule has 12 rings (SSSR count). The van der Waals surface area contributed by atoms with Crippen molar-refractivity contribution in [3.63, 3.8) is 0 Å². The van der Waals surface area contributed by atoms with Crippen LogP contribution in [0.15, 0.2) is 175 Å². The maximum absolute atomic E-state index is 5.83. The van der Waals surface area contributed by atoms with Crippen LogP contribution in [0.25, 0.3) is 80.2 Å². The normalized spacial score (nSPS) is 14.8. The van der Waals surface area contributed by atoms with Crippen LogP contribution in [0.5, 0.6) is 0 Å². The van der Waals surface area contributed by atoms with Crippen LogP contribution >= 0.6 is 11.3 Å². The van der Waals surface area contributed by atoms with Gasteiger partial charge in [0, 0.05) is 58.5 Å². The molecule has 0 saturated carbocycles. The van der Waals surface area contributed by atoms with Gasteiger partial charge in [0.05, 0.1) is 27.8 Å². The molecule has 0 fully saturated rings. The van der Waals surface area contributed by atoms with Crippen LogP contribution in [-0.4, -0.2) is 14.8 Å². The molecule has 4 heteroatoms. The quantitative estimate of drug-likeness (QED) is 0.174. The molecule has 0 amide bonds.